The molecule has 2 aromatic rings. The van der Waals surface area contributed by atoms with Crippen LogP contribution < -0.4 is 10.2 Å². The van der Waals surface area contributed by atoms with Crippen molar-refractivity contribution in [1.82, 2.24) is 5.32 Å². The topological polar surface area (TPSA) is 28.4 Å². The number of nitrogens with zero attached hydrogens (tertiary/aromatic N) is 1. The largest absolute Gasteiger partial charge is 0.468 e. The van der Waals surface area contributed by atoms with Crippen molar-refractivity contribution in [1.29, 1.82) is 0 Å². The van der Waals surface area contributed by atoms with Crippen LogP contribution in [0.3, 0.4) is 0 Å². The Morgan fingerprint density at radius 1 is 1.00 bits per heavy atom. The summed E-state index contributed by atoms with van der Waals surface area (Å²) in [5, 5.41) is 3.39. The molecule has 0 aliphatic carbocycles. The number of nitrogens with one attached hydrogen (secondary N) is 1. The fourth-order valence-corrected chi connectivity index (χ4v) is 2.54. The predicted octanol–water partition coefficient (Wildman–Crippen LogP) is 3.17. The third kappa shape index (κ3) is 3.18. The van der Waals surface area contributed by atoms with Crippen LogP contribution in [0.15, 0.2) is 47.1 Å². The lowest BCUT2D eigenvalue weighted by Crippen LogP contribution is -2.17. The molecule has 2 heterocycles. The highest BCUT2D eigenvalue weighted by Gasteiger charge is 2.11. The van der Waals surface area contributed by atoms with E-state index in [1.165, 1.54) is 37.2 Å². The molecule has 1 aliphatic heterocycles. The van der Waals surface area contributed by atoms with E-state index >= 15 is 0 Å². The molecule has 0 saturated carbocycles. The summed E-state index contributed by atoms with van der Waals surface area (Å²) >= 11 is 0. The monoisotopic (exact) mass is 256 g/mol. The summed E-state index contributed by atoms with van der Waals surface area (Å²) in [6.45, 7) is 4.06. The van der Waals surface area contributed by atoms with Gasteiger partial charge in [0, 0.05) is 25.3 Å². The third-order valence-electron chi connectivity index (χ3n) is 3.62. The van der Waals surface area contributed by atoms with Gasteiger partial charge in [-0.15, -0.1) is 0 Å². The van der Waals surface area contributed by atoms with Crippen LogP contribution in [0, 0.1) is 0 Å². The second-order valence-electron chi connectivity index (χ2n) is 5.04. The first-order valence-electron chi connectivity index (χ1n) is 6.99. The maximum Gasteiger partial charge on any atom is 0.117 e. The number of furan rings is 1. The van der Waals surface area contributed by atoms with Gasteiger partial charge in [-0.1, -0.05) is 12.1 Å². The lowest BCUT2D eigenvalue weighted by Gasteiger charge is -2.17. The Balaban J connectivity index is 1.51. The zero-order chi connectivity index (χ0) is 12.9. The molecule has 3 nitrogen and oxygen atoms in total. The van der Waals surface area contributed by atoms with E-state index in [-0.39, 0.29) is 0 Å². The Bertz CT molecular complexity index is 484. The van der Waals surface area contributed by atoms with Crippen LogP contribution in [0.4, 0.5) is 5.69 Å². The number of benzene rings is 1. The summed E-state index contributed by atoms with van der Waals surface area (Å²) in [4.78, 5) is 2.46. The van der Waals surface area contributed by atoms with Gasteiger partial charge < -0.3 is 14.6 Å². The molecule has 1 aliphatic rings. The summed E-state index contributed by atoms with van der Waals surface area (Å²) in [7, 11) is 0. The van der Waals surface area contributed by atoms with Gasteiger partial charge in [0.1, 0.15) is 5.76 Å². The third-order valence-corrected chi connectivity index (χ3v) is 3.62. The Hall–Kier alpha value is -1.74. The van der Waals surface area contributed by atoms with Crippen LogP contribution in [0.25, 0.3) is 0 Å². The van der Waals surface area contributed by atoms with Gasteiger partial charge >= 0.3 is 0 Å². The molecule has 19 heavy (non-hydrogen) atoms. The number of hydrogen-bond acceptors (Lipinski definition) is 3. The van der Waals surface area contributed by atoms with Crippen LogP contribution in [0.1, 0.15) is 24.2 Å². The van der Waals surface area contributed by atoms with Gasteiger partial charge in [-0.2, -0.15) is 0 Å². The lowest BCUT2D eigenvalue weighted by atomic mass is 10.2. The Morgan fingerprint density at radius 2 is 1.79 bits per heavy atom. The van der Waals surface area contributed by atoms with E-state index in [4.69, 9.17) is 4.42 Å². The maximum absolute atomic E-state index is 5.29. The minimum atomic E-state index is 0.779. The lowest BCUT2D eigenvalue weighted by molar-refractivity contribution is 0.483. The molecular weight excluding hydrogens is 236 g/mol. The second-order valence-corrected chi connectivity index (χ2v) is 5.04. The van der Waals surface area contributed by atoms with Crippen molar-refractivity contribution in [2.75, 3.05) is 18.0 Å². The van der Waals surface area contributed by atoms with Crippen molar-refractivity contribution >= 4 is 5.69 Å². The van der Waals surface area contributed by atoms with Gasteiger partial charge in [-0.3, -0.25) is 0 Å². The zero-order valence-electron chi connectivity index (χ0n) is 11.1. The average molecular weight is 256 g/mol. The molecule has 1 aromatic carbocycles. The summed E-state index contributed by atoms with van der Waals surface area (Å²) in [6, 6.07) is 12.8. The minimum absolute atomic E-state index is 0.779. The van der Waals surface area contributed by atoms with E-state index in [0.29, 0.717) is 0 Å². The van der Waals surface area contributed by atoms with Crippen LogP contribution in [0.2, 0.25) is 0 Å². The first kappa shape index (κ1) is 12.3. The smallest absolute Gasteiger partial charge is 0.117 e. The van der Waals surface area contributed by atoms with E-state index < -0.39 is 0 Å². The molecular formula is C16H20N2O. The molecule has 1 aromatic heterocycles. The van der Waals surface area contributed by atoms with E-state index in [0.717, 1.165) is 18.8 Å². The fourth-order valence-electron chi connectivity index (χ4n) is 2.54. The van der Waals surface area contributed by atoms with Gasteiger partial charge in [-0.05, 0) is 42.7 Å². The summed E-state index contributed by atoms with van der Waals surface area (Å²) in [5.41, 5.74) is 2.67. The molecule has 0 atom stereocenters. The van der Waals surface area contributed by atoms with Gasteiger partial charge in [-0.25, -0.2) is 0 Å². The predicted molar refractivity (Wildman–Crippen MR) is 77.1 cm³/mol. The van der Waals surface area contributed by atoms with Crippen molar-refractivity contribution in [2.24, 2.45) is 0 Å². The minimum Gasteiger partial charge on any atom is -0.468 e. The van der Waals surface area contributed by atoms with Crippen LogP contribution >= 0.6 is 0 Å². The highest BCUT2D eigenvalue weighted by molar-refractivity contribution is 5.48. The molecule has 3 rings (SSSR count). The highest BCUT2D eigenvalue weighted by Crippen LogP contribution is 2.20. The maximum atomic E-state index is 5.29. The molecule has 100 valence electrons. The summed E-state index contributed by atoms with van der Waals surface area (Å²) in [5.74, 6) is 0.980. The first-order valence-corrected chi connectivity index (χ1v) is 6.99. The molecule has 1 N–H and O–H groups in total. The molecule has 1 fully saturated rings. The van der Waals surface area contributed by atoms with E-state index in [2.05, 4.69) is 34.5 Å². The molecule has 0 amide bonds. The molecule has 0 radical (unpaired) electrons. The van der Waals surface area contributed by atoms with Gasteiger partial charge in [0.2, 0.25) is 0 Å². The van der Waals surface area contributed by atoms with Crippen molar-refractivity contribution < 1.29 is 4.42 Å². The van der Waals surface area contributed by atoms with E-state index in [9.17, 15) is 0 Å². The van der Waals surface area contributed by atoms with Crippen molar-refractivity contribution in [3.05, 3.63) is 54.0 Å². The summed E-state index contributed by atoms with van der Waals surface area (Å²) < 4.78 is 5.29. The van der Waals surface area contributed by atoms with Gasteiger partial charge in [0.25, 0.3) is 0 Å². The second kappa shape index (κ2) is 5.93. The average Bonchev–Trinajstić information content (AvgIpc) is 3.13. The molecule has 0 bridgehead atoms. The van der Waals surface area contributed by atoms with Crippen molar-refractivity contribution in [3.8, 4) is 0 Å². The molecule has 0 unspecified atom stereocenters. The Kier molecular flexibility index (Phi) is 3.84. The Labute approximate surface area is 114 Å². The van der Waals surface area contributed by atoms with Crippen LogP contribution in [-0.2, 0) is 13.1 Å². The molecule has 1 saturated heterocycles. The number of rotatable bonds is 5. The quantitative estimate of drug-likeness (QED) is 0.890. The van der Waals surface area contributed by atoms with E-state index in [1.54, 1.807) is 6.26 Å². The normalized spacial score (nSPS) is 15.1. The summed E-state index contributed by atoms with van der Waals surface area (Å²) in [6.07, 6.45) is 4.36. The van der Waals surface area contributed by atoms with Crippen LogP contribution in [-0.4, -0.2) is 13.1 Å². The standard InChI is InChI=1S/C16H20N2O/c1-2-10-18(9-1)15-7-5-14(6-8-15)12-17-13-16-4-3-11-19-16/h3-8,11,17H,1-2,9-10,12-13H2. The van der Waals surface area contributed by atoms with Gasteiger partial charge in [0.05, 0.1) is 12.8 Å². The van der Waals surface area contributed by atoms with Crippen molar-refractivity contribution in [2.45, 2.75) is 25.9 Å². The first-order chi connectivity index (χ1) is 9.42. The SMILES string of the molecule is c1coc(CNCc2ccc(N3CCCC3)cc2)c1. The molecule has 0 spiro atoms. The number of anilines is 1. The van der Waals surface area contributed by atoms with Crippen molar-refractivity contribution in [3.63, 3.8) is 0 Å². The zero-order valence-corrected chi connectivity index (χ0v) is 11.1. The highest BCUT2D eigenvalue weighted by atomic mass is 16.3. The molecule has 3 heteroatoms. The van der Waals surface area contributed by atoms with Crippen LogP contribution in [0.5, 0.6) is 0 Å². The van der Waals surface area contributed by atoms with Gasteiger partial charge in [0.15, 0.2) is 0 Å². The number of hydrogen-bond donors (Lipinski definition) is 1. The fraction of sp³-hybridized carbons (Fsp3) is 0.375. The van der Waals surface area contributed by atoms with E-state index in [1.807, 2.05) is 12.1 Å². The Morgan fingerprint density at radius 3 is 2.47 bits per heavy atom.